The Morgan fingerprint density at radius 2 is 1.87 bits per heavy atom. The standard InChI is InChI=1S/C11H12FNO2/c1-13(2)7-10(11(14)15)8-3-5-9(12)6-4-8/h3-7H,1-2H3,(H,14,15)/b10-7+. The summed E-state index contributed by atoms with van der Waals surface area (Å²) >= 11 is 0. The zero-order valence-electron chi connectivity index (χ0n) is 8.57. The normalized spacial score (nSPS) is 11.3. The molecule has 15 heavy (non-hydrogen) atoms. The molecule has 1 aromatic rings. The van der Waals surface area contributed by atoms with Gasteiger partial charge in [0.2, 0.25) is 0 Å². The number of carboxylic acid groups (broad SMARTS) is 1. The molecule has 4 heteroatoms. The van der Waals surface area contributed by atoms with Gasteiger partial charge in [0, 0.05) is 20.3 Å². The molecule has 0 aliphatic rings. The van der Waals surface area contributed by atoms with Crippen LogP contribution in [0.3, 0.4) is 0 Å². The summed E-state index contributed by atoms with van der Waals surface area (Å²) in [4.78, 5) is 12.6. The molecule has 0 radical (unpaired) electrons. The van der Waals surface area contributed by atoms with Gasteiger partial charge in [0.15, 0.2) is 0 Å². The quantitative estimate of drug-likeness (QED) is 0.772. The van der Waals surface area contributed by atoms with Crippen molar-refractivity contribution < 1.29 is 14.3 Å². The van der Waals surface area contributed by atoms with E-state index in [1.54, 1.807) is 19.0 Å². The van der Waals surface area contributed by atoms with Gasteiger partial charge >= 0.3 is 5.97 Å². The van der Waals surface area contributed by atoms with Gasteiger partial charge in [-0.1, -0.05) is 12.1 Å². The first-order chi connectivity index (χ1) is 7.00. The Morgan fingerprint density at radius 1 is 1.33 bits per heavy atom. The Bertz CT molecular complexity index is 382. The van der Waals surface area contributed by atoms with Crippen molar-refractivity contribution >= 4 is 11.5 Å². The number of benzene rings is 1. The number of hydrogen-bond donors (Lipinski definition) is 1. The second-order valence-electron chi connectivity index (χ2n) is 3.32. The molecule has 0 aromatic heterocycles. The molecule has 3 nitrogen and oxygen atoms in total. The lowest BCUT2D eigenvalue weighted by Gasteiger charge is -2.08. The van der Waals surface area contributed by atoms with E-state index in [4.69, 9.17) is 5.11 Å². The maximum Gasteiger partial charge on any atom is 0.337 e. The van der Waals surface area contributed by atoms with Crippen molar-refractivity contribution in [1.29, 1.82) is 0 Å². The molecule has 0 fully saturated rings. The molecule has 0 bridgehead atoms. The van der Waals surface area contributed by atoms with E-state index in [2.05, 4.69) is 0 Å². The number of carboxylic acids is 1. The predicted molar refractivity (Wildman–Crippen MR) is 55.7 cm³/mol. The third-order valence-corrected chi connectivity index (χ3v) is 1.77. The molecule has 0 unspecified atom stereocenters. The van der Waals surface area contributed by atoms with Crippen molar-refractivity contribution in [2.24, 2.45) is 0 Å². The van der Waals surface area contributed by atoms with E-state index in [0.717, 1.165) is 0 Å². The van der Waals surface area contributed by atoms with E-state index in [1.807, 2.05) is 0 Å². The Morgan fingerprint density at radius 3 is 2.27 bits per heavy atom. The zero-order chi connectivity index (χ0) is 11.4. The minimum Gasteiger partial charge on any atom is -0.478 e. The third-order valence-electron chi connectivity index (χ3n) is 1.77. The molecule has 0 aliphatic heterocycles. The Balaban J connectivity index is 3.11. The Labute approximate surface area is 87.4 Å². The molecule has 0 spiro atoms. The van der Waals surface area contributed by atoms with Crippen molar-refractivity contribution in [1.82, 2.24) is 4.90 Å². The second-order valence-corrected chi connectivity index (χ2v) is 3.32. The van der Waals surface area contributed by atoms with Crippen LogP contribution in [-0.2, 0) is 4.79 Å². The van der Waals surface area contributed by atoms with Crippen molar-refractivity contribution in [3.05, 3.63) is 41.8 Å². The summed E-state index contributed by atoms with van der Waals surface area (Å²) in [5.74, 6) is -1.41. The summed E-state index contributed by atoms with van der Waals surface area (Å²) in [6.07, 6.45) is 1.48. The van der Waals surface area contributed by atoms with E-state index in [-0.39, 0.29) is 11.4 Å². The molecular formula is C11H12FNO2. The summed E-state index contributed by atoms with van der Waals surface area (Å²) in [6, 6.07) is 5.36. The van der Waals surface area contributed by atoms with Gasteiger partial charge in [0.25, 0.3) is 0 Å². The first-order valence-corrected chi connectivity index (χ1v) is 4.38. The molecule has 0 heterocycles. The van der Waals surface area contributed by atoms with Crippen molar-refractivity contribution in [3.8, 4) is 0 Å². The van der Waals surface area contributed by atoms with E-state index in [0.29, 0.717) is 5.56 Å². The lowest BCUT2D eigenvalue weighted by molar-refractivity contribution is -0.130. The van der Waals surface area contributed by atoms with E-state index < -0.39 is 5.97 Å². The smallest absolute Gasteiger partial charge is 0.337 e. The van der Waals surface area contributed by atoms with Crippen LogP contribution >= 0.6 is 0 Å². The van der Waals surface area contributed by atoms with Crippen molar-refractivity contribution in [3.63, 3.8) is 0 Å². The van der Waals surface area contributed by atoms with Crippen molar-refractivity contribution in [2.45, 2.75) is 0 Å². The first-order valence-electron chi connectivity index (χ1n) is 4.38. The number of aliphatic carboxylic acids is 1. The van der Waals surface area contributed by atoms with Crippen LogP contribution in [0.2, 0.25) is 0 Å². The average Bonchev–Trinajstić information content (AvgIpc) is 2.15. The van der Waals surface area contributed by atoms with E-state index in [9.17, 15) is 9.18 Å². The molecule has 0 aliphatic carbocycles. The van der Waals surface area contributed by atoms with Gasteiger partial charge in [0.1, 0.15) is 5.82 Å². The highest BCUT2D eigenvalue weighted by Crippen LogP contribution is 2.15. The molecule has 1 rings (SSSR count). The van der Waals surface area contributed by atoms with Crippen LogP contribution < -0.4 is 0 Å². The van der Waals surface area contributed by atoms with E-state index in [1.165, 1.54) is 30.5 Å². The minimum atomic E-state index is -1.03. The monoisotopic (exact) mass is 209 g/mol. The molecule has 80 valence electrons. The topological polar surface area (TPSA) is 40.5 Å². The van der Waals surface area contributed by atoms with Gasteiger partial charge < -0.3 is 10.0 Å². The largest absolute Gasteiger partial charge is 0.478 e. The third kappa shape index (κ3) is 3.09. The van der Waals surface area contributed by atoms with Crippen LogP contribution in [0.15, 0.2) is 30.5 Å². The van der Waals surface area contributed by atoms with Gasteiger partial charge in [-0.2, -0.15) is 0 Å². The SMILES string of the molecule is CN(C)/C=C(/C(=O)O)c1ccc(F)cc1. The Kier molecular flexibility index (Phi) is 3.44. The molecule has 1 N–H and O–H groups in total. The van der Waals surface area contributed by atoms with Gasteiger partial charge in [0.05, 0.1) is 5.57 Å². The fraction of sp³-hybridized carbons (Fsp3) is 0.182. The van der Waals surface area contributed by atoms with Crippen LogP contribution in [-0.4, -0.2) is 30.1 Å². The number of halogens is 1. The fourth-order valence-electron chi connectivity index (χ4n) is 1.14. The molecule has 0 saturated carbocycles. The lowest BCUT2D eigenvalue weighted by atomic mass is 10.1. The highest BCUT2D eigenvalue weighted by atomic mass is 19.1. The van der Waals surface area contributed by atoms with E-state index >= 15 is 0 Å². The predicted octanol–water partition coefficient (Wildman–Crippen LogP) is 1.81. The van der Waals surface area contributed by atoms with Gasteiger partial charge in [-0.15, -0.1) is 0 Å². The highest BCUT2D eigenvalue weighted by molar-refractivity contribution is 6.15. The summed E-state index contributed by atoms with van der Waals surface area (Å²) in [5.41, 5.74) is 0.623. The Hall–Kier alpha value is -1.84. The maximum absolute atomic E-state index is 12.6. The number of rotatable bonds is 3. The molecule has 0 atom stereocenters. The lowest BCUT2D eigenvalue weighted by Crippen LogP contribution is -2.08. The average molecular weight is 209 g/mol. The van der Waals surface area contributed by atoms with Crippen molar-refractivity contribution in [2.75, 3.05) is 14.1 Å². The molecule has 0 saturated heterocycles. The molecule has 1 aromatic carbocycles. The molecular weight excluding hydrogens is 197 g/mol. The summed E-state index contributed by atoms with van der Waals surface area (Å²) in [7, 11) is 3.46. The maximum atomic E-state index is 12.6. The summed E-state index contributed by atoms with van der Waals surface area (Å²) in [6.45, 7) is 0. The number of nitrogens with zero attached hydrogens (tertiary/aromatic N) is 1. The minimum absolute atomic E-state index is 0.139. The van der Waals surface area contributed by atoms with Crippen LogP contribution in [0.4, 0.5) is 4.39 Å². The summed E-state index contributed by atoms with van der Waals surface area (Å²) in [5, 5.41) is 8.96. The van der Waals surface area contributed by atoms with Gasteiger partial charge in [-0.05, 0) is 17.7 Å². The number of hydrogen-bond acceptors (Lipinski definition) is 2. The highest BCUT2D eigenvalue weighted by Gasteiger charge is 2.10. The van der Waals surface area contributed by atoms with Gasteiger partial charge in [-0.25, -0.2) is 9.18 Å². The summed E-state index contributed by atoms with van der Waals surface area (Å²) < 4.78 is 12.6. The van der Waals surface area contributed by atoms with Gasteiger partial charge in [-0.3, -0.25) is 0 Å². The fourth-order valence-corrected chi connectivity index (χ4v) is 1.14. The number of carbonyl (C=O) groups is 1. The van der Waals surface area contributed by atoms with Crippen LogP contribution in [0.5, 0.6) is 0 Å². The van der Waals surface area contributed by atoms with Crippen LogP contribution in [0, 0.1) is 5.82 Å². The second kappa shape index (κ2) is 4.59. The van der Waals surface area contributed by atoms with Crippen LogP contribution in [0.1, 0.15) is 5.56 Å². The zero-order valence-corrected chi connectivity index (χ0v) is 8.57. The molecule has 0 amide bonds. The van der Waals surface area contributed by atoms with Crippen LogP contribution in [0.25, 0.3) is 5.57 Å². The first kappa shape index (κ1) is 11.2.